The molecule has 0 aliphatic carbocycles. The van der Waals surface area contributed by atoms with E-state index in [1.54, 1.807) is 0 Å². The molecule has 0 spiro atoms. The summed E-state index contributed by atoms with van der Waals surface area (Å²) in [5, 5.41) is 18.0. The predicted molar refractivity (Wildman–Crippen MR) is 283 cm³/mol. The van der Waals surface area contributed by atoms with E-state index in [1.807, 2.05) is 0 Å². The quantitative estimate of drug-likeness (QED) is 0.165. The minimum Gasteiger partial charge on any atom is -0.453 e. The Morgan fingerprint density at radius 1 is 0.265 bits per heavy atom. The van der Waals surface area contributed by atoms with Gasteiger partial charge in [0.05, 0.1) is 11.0 Å². The molecule has 0 aliphatic heterocycles. The van der Waals surface area contributed by atoms with Crippen LogP contribution in [0.15, 0.2) is 223 Å². The van der Waals surface area contributed by atoms with Gasteiger partial charge in [0.15, 0.2) is 23.1 Å². The largest absolute Gasteiger partial charge is 0.453 e. The van der Waals surface area contributed by atoms with Crippen LogP contribution in [0.25, 0.3) is 148 Å². The fourth-order valence-electron chi connectivity index (χ4n) is 11.1. The van der Waals surface area contributed by atoms with E-state index in [1.165, 1.54) is 16.2 Å². The molecule has 0 N–H and O–H groups in total. The SMILES string of the molecule is c1ccc2cc3c(cc2c1)c1ccccc1n3-c1c(-c2nc(-c3cc4ccccc4c4ccccc34)nc(-c3cc4ccccc4c4ccccc34)n2)ccc2c1oc1c3ccccc3ccc21. The van der Waals surface area contributed by atoms with Gasteiger partial charge in [-0.3, -0.25) is 0 Å². The fourth-order valence-corrected chi connectivity index (χ4v) is 11.1. The molecule has 15 aromatic rings. The zero-order valence-electron chi connectivity index (χ0n) is 36.5. The third-order valence-corrected chi connectivity index (χ3v) is 14.2. The van der Waals surface area contributed by atoms with Crippen LogP contribution in [0.5, 0.6) is 0 Å². The molecule has 5 nitrogen and oxygen atoms in total. The number of rotatable bonds is 4. The summed E-state index contributed by atoms with van der Waals surface area (Å²) >= 11 is 0. The summed E-state index contributed by atoms with van der Waals surface area (Å²) in [6, 6.07) is 78.0. The van der Waals surface area contributed by atoms with Crippen LogP contribution in [0.4, 0.5) is 0 Å². The van der Waals surface area contributed by atoms with Crippen molar-refractivity contribution >= 4 is 108 Å². The van der Waals surface area contributed by atoms with Gasteiger partial charge in [-0.05, 0) is 108 Å². The normalized spacial score (nSPS) is 12.1. The molecule has 3 heterocycles. The zero-order valence-corrected chi connectivity index (χ0v) is 36.5. The van der Waals surface area contributed by atoms with E-state index in [9.17, 15) is 0 Å². The van der Waals surface area contributed by atoms with E-state index < -0.39 is 0 Å². The maximum atomic E-state index is 7.32. The van der Waals surface area contributed by atoms with E-state index in [0.717, 1.165) is 115 Å². The molecule has 0 amide bonds. The number of benzene rings is 12. The number of para-hydroxylation sites is 1. The Morgan fingerprint density at radius 2 is 0.721 bits per heavy atom. The maximum Gasteiger partial charge on any atom is 0.166 e. The van der Waals surface area contributed by atoms with Crippen molar-refractivity contribution in [3.8, 4) is 39.9 Å². The molecule has 0 aliphatic rings. The molecule has 15 rings (SSSR count). The van der Waals surface area contributed by atoms with Crippen LogP contribution >= 0.6 is 0 Å². The van der Waals surface area contributed by atoms with Crippen LogP contribution in [-0.4, -0.2) is 19.5 Å². The van der Waals surface area contributed by atoms with Crippen molar-refractivity contribution in [2.24, 2.45) is 0 Å². The monoisotopic (exact) mass is 864 g/mol. The molecule has 314 valence electrons. The number of hydrogen-bond acceptors (Lipinski definition) is 4. The Morgan fingerprint density at radius 3 is 1.35 bits per heavy atom. The predicted octanol–water partition coefficient (Wildman–Crippen LogP) is 16.8. The lowest BCUT2D eigenvalue weighted by Gasteiger charge is -2.17. The van der Waals surface area contributed by atoms with Gasteiger partial charge in [-0.1, -0.05) is 170 Å². The number of hydrogen-bond donors (Lipinski definition) is 0. The van der Waals surface area contributed by atoms with Gasteiger partial charge < -0.3 is 8.98 Å². The molecule has 0 bridgehead atoms. The molecular formula is C63H36N4O. The van der Waals surface area contributed by atoms with Crippen LogP contribution < -0.4 is 0 Å². The number of aromatic nitrogens is 4. The minimum absolute atomic E-state index is 0.549. The highest BCUT2D eigenvalue weighted by Gasteiger charge is 2.26. The molecule has 0 unspecified atom stereocenters. The molecule has 0 radical (unpaired) electrons. The van der Waals surface area contributed by atoms with Gasteiger partial charge in [0.2, 0.25) is 0 Å². The first-order chi connectivity index (χ1) is 33.7. The summed E-state index contributed by atoms with van der Waals surface area (Å²) in [5.74, 6) is 1.74. The maximum absolute atomic E-state index is 7.32. The van der Waals surface area contributed by atoms with Gasteiger partial charge >= 0.3 is 0 Å². The highest BCUT2D eigenvalue weighted by Crippen LogP contribution is 2.45. The van der Waals surface area contributed by atoms with Crippen molar-refractivity contribution in [2.75, 3.05) is 0 Å². The van der Waals surface area contributed by atoms with Crippen LogP contribution in [0.3, 0.4) is 0 Å². The molecule has 12 aromatic carbocycles. The molecule has 0 saturated heterocycles. The Balaban J connectivity index is 1.12. The molecule has 3 aromatic heterocycles. The van der Waals surface area contributed by atoms with E-state index in [0.29, 0.717) is 17.5 Å². The Kier molecular flexibility index (Phi) is 7.72. The average molecular weight is 865 g/mol. The van der Waals surface area contributed by atoms with Crippen LogP contribution in [0.1, 0.15) is 0 Å². The van der Waals surface area contributed by atoms with E-state index in [4.69, 9.17) is 19.4 Å². The molecule has 0 saturated carbocycles. The van der Waals surface area contributed by atoms with Gasteiger partial charge in [0.1, 0.15) is 11.3 Å². The summed E-state index contributed by atoms with van der Waals surface area (Å²) in [6.45, 7) is 0. The number of fused-ring (bicyclic) bond motifs is 15. The second-order valence-corrected chi connectivity index (χ2v) is 17.9. The summed E-state index contributed by atoms with van der Waals surface area (Å²) in [6.07, 6.45) is 0. The Labute approximate surface area is 388 Å². The molecule has 5 heteroatoms. The lowest BCUT2D eigenvalue weighted by atomic mass is 9.96. The Hall–Kier alpha value is -9.19. The van der Waals surface area contributed by atoms with Crippen molar-refractivity contribution in [1.29, 1.82) is 0 Å². The van der Waals surface area contributed by atoms with Gasteiger partial charge in [0.25, 0.3) is 0 Å². The third-order valence-electron chi connectivity index (χ3n) is 14.2. The summed E-state index contributed by atoms with van der Waals surface area (Å²) in [7, 11) is 0. The highest BCUT2D eigenvalue weighted by molar-refractivity contribution is 6.20. The van der Waals surface area contributed by atoms with Crippen LogP contribution in [0, 0.1) is 0 Å². The van der Waals surface area contributed by atoms with Gasteiger partial charge in [0, 0.05) is 43.6 Å². The number of furan rings is 1. The first-order valence-electron chi connectivity index (χ1n) is 23.1. The zero-order chi connectivity index (χ0) is 44.5. The molecule has 0 fully saturated rings. The van der Waals surface area contributed by atoms with Gasteiger partial charge in [-0.2, -0.15) is 0 Å². The van der Waals surface area contributed by atoms with Crippen LogP contribution in [-0.2, 0) is 0 Å². The second kappa shape index (κ2) is 14.2. The second-order valence-electron chi connectivity index (χ2n) is 17.9. The molecule has 68 heavy (non-hydrogen) atoms. The van der Waals surface area contributed by atoms with Gasteiger partial charge in [-0.25, -0.2) is 15.0 Å². The summed E-state index contributed by atoms with van der Waals surface area (Å²) < 4.78 is 9.71. The van der Waals surface area contributed by atoms with Crippen molar-refractivity contribution in [3.05, 3.63) is 218 Å². The third kappa shape index (κ3) is 5.35. The first-order valence-corrected chi connectivity index (χ1v) is 23.1. The van der Waals surface area contributed by atoms with Crippen molar-refractivity contribution in [1.82, 2.24) is 19.5 Å². The van der Waals surface area contributed by atoms with Crippen molar-refractivity contribution in [2.45, 2.75) is 0 Å². The lowest BCUT2D eigenvalue weighted by molar-refractivity contribution is 0.670. The van der Waals surface area contributed by atoms with Crippen molar-refractivity contribution < 1.29 is 4.42 Å². The van der Waals surface area contributed by atoms with E-state index >= 15 is 0 Å². The fraction of sp³-hybridized carbons (Fsp3) is 0. The van der Waals surface area contributed by atoms with E-state index in [2.05, 4.69) is 223 Å². The topological polar surface area (TPSA) is 56.7 Å². The minimum atomic E-state index is 0.549. The average Bonchev–Trinajstić information content (AvgIpc) is 3.95. The number of nitrogens with zero attached hydrogens (tertiary/aromatic N) is 4. The van der Waals surface area contributed by atoms with Gasteiger partial charge in [-0.15, -0.1) is 0 Å². The van der Waals surface area contributed by atoms with Crippen molar-refractivity contribution in [3.63, 3.8) is 0 Å². The van der Waals surface area contributed by atoms with Crippen LogP contribution in [0.2, 0.25) is 0 Å². The smallest absolute Gasteiger partial charge is 0.166 e. The van der Waals surface area contributed by atoms with E-state index in [-0.39, 0.29) is 0 Å². The highest BCUT2D eigenvalue weighted by atomic mass is 16.3. The standard InChI is InChI=1S/C63H36N4O/c1-2-17-39-36-57-53(33-38(39)16-1)49-27-13-14-28-56(49)67(57)58-52(32-31-51-50-30-29-37-15-3-8-22-44(37)59(50)68-60(51)58)61-64-62(54-34-40-18-4-6-20-42(40)45-23-9-11-25-47(45)54)66-63(65-61)55-35-41-19-5-7-21-43(41)46-24-10-12-26-48(46)55/h1-36H. The molecule has 0 atom stereocenters. The summed E-state index contributed by atoms with van der Waals surface area (Å²) in [4.78, 5) is 16.7. The Bertz CT molecular complexity index is 4500. The summed E-state index contributed by atoms with van der Waals surface area (Å²) in [5.41, 5.74) is 7.33. The molecular weight excluding hydrogens is 829 g/mol. The first kappa shape index (κ1) is 37.1. The lowest BCUT2D eigenvalue weighted by Crippen LogP contribution is -2.04.